The standard InChI is InChI=1S/C17H14P.C5H5.ClH.Fe/c1-3-9-15(10-4-1)18(17-13-7-8-14-17)16-11-5-2-6-12-16;1-2-4-5-3-1;;/h1-14H;1-5H;1H;. The van der Waals surface area contributed by atoms with Gasteiger partial charge in [0.1, 0.15) is 0 Å². The molecule has 10 saturated heterocycles. The minimum atomic E-state index is -3.05. The normalized spacial score (nSPS) is 84.3. The molecule has 0 amide bonds. The quantitative estimate of drug-likeness (QED) is 0.444. The molecule has 10 heterocycles. The zero-order valence-electron chi connectivity index (χ0n) is 13.7. The Bertz CT molecular complexity index is 1320. The van der Waals surface area contributed by atoms with Crippen LogP contribution in [-0.4, -0.2) is 4.05 Å². The van der Waals surface area contributed by atoms with E-state index in [2.05, 4.69) is 60.7 Å². The number of hydrogen-bond donors (Lipinski definition) is 0. The zero-order chi connectivity index (χ0) is 14.8. The van der Waals surface area contributed by atoms with Gasteiger partial charge in [-0.05, 0) is 0 Å². The maximum atomic E-state index is 2.50. The van der Waals surface area contributed by atoms with Gasteiger partial charge in [-0.2, -0.15) is 0 Å². The van der Waals surface area contributed by atoms with Crippen molar-refractivity contribution in [1.29, 1.82) is 0 Å². The molecule has 0 radical (unpaired) electrons. The molecule has 10 aliphatic rings. The van der Waals surface area contributed by atoms with Crippen LogP contribution in [0.1, 0.15) is 0 Å². The first-order chi connectivity index (χ1) is 11.6. The van der Waals surface area contributed by atoms with Gasteiger partial charge in [0.05, 0.1) is 0 Å². The number of fused-ring (bicyclic) bond motifs is 10. The third-order valence-electron chi connectivity index (χ3n) is 17.0. The Balaban J connectivity index is 0.00000102. The predicted molar refractivity (Wildman–Crippen MR) is 103 cm³/mol. The molecule has 128 valence electrons. The van der Waals surface area contributed by atoms with Crippen molar-refractivity contribution < 1.29 is 6.51 Å². The molecule has 10 aliphatic heterocycles. The summed E-state index contributed by atoms with van der Waals surface area (Å²) in [4.78, 5) is 12.9. The second kappa shape index (κ2) is 1.30. The van der Waals surface area contributed by atoms with E-state index in [0.29, 0.717) is 0 Å². The average Bonchev–Trinajstić information content (AvgIpc) is 3.57. The van der Waals surface area contributed by atoms with Gasteiger partial charge in [-0.1, -0.05) is 0 Å². The summed E-state index contributed by atoms with van der Waals surface area (Å²) < 4.78 is 0.983. The van der Waals surface area contributed by atoms with Crippen LogP contribution in [0.4, 0.5) is 0 Å². The summed E-state index contributed by atoms with van der Waals surface area (Å²) in [7, 11) is -0.0683. The van der Waals surface area contributed by atoms with E-state index < -0.39 is 6.51 Å². The Labute approximate surface area is 145 Å². The molecule has 0 saturated carbocycles. The fourth-order valence-electron chi connectivity index (χ4n) is 18.4. The van der Waals surface area contributed by atoms with Crippen molar-refractivity contribution in [2.24, 2.45) is 0 Å². The predicted octanol–water partition coefficient (Wildman–Crippen LogP) is 5.84. The number of hydrogen-bond acceptors (Lipinski definition) is 0. The maximum absolute atomic E-state index is 3.05. The van der Waals surface area contributed by atoms with Crippen LogP contribution in [0.15, 0.2) is 60.7 Å². The van der Waals surface area contributed by atoms with Crippen LogP contribution >= 0.6 is 20.3 Å². The third-order valence-corrected chi connectivity index (χ3v) is 66.3. The Morgan fingerprint density at radius 3 is 1.28 bits per heavy atom. The van der Waals surface area contributed by atoms with Crippen molar-refractivity contribution in [2.45, 2.75) is 47.4 Å². The Morgan fingerprint density at radius 1 is 0.600 bits per heavy atom. The fraction of sp³-hybridized carbons (Fsp3) is 0.455. The minimum absolute atomic E-state index is 0. The number of halogens is 1. The van der Waals surface area contributed by atoms with Crippen LogP contribution in [-0.2, 0) is 6.51 Å². The van der Waals surface area contributed by atoms with Crippen molar-refractivity contribution in [3.63, 3.8) is 0 Å². The van der Waals surface area contributed by atoms with Gasteiger partial charge in [0.25, 0.3) is 0 Å². The van der Waals surface area contributed by atoms with E-state index in [4.69, 9.17) is 0 Å². The van der Waals surface area contributed by atoms with Crippen LogP contribution in [0, 0.1) is 0 Å². The molecule has 1 spiro atoms. The van der Waals surface area contributed by atoms with Gasteiger partial charge in [-0.15, -0.1) is 12.4 Å². The van der Waals surface area contributed by atoms with Crippen molar-refractivity contribution in [1.82, 2.24) is 0 Å². The molecule has 0 N–H and O–H groups in total. The second-order valence-electron chi connectivity index (χ2n) is 12.6. The van der Waals surface area contributed by atoms with Gasteiger partial charge < -0.3 is 0 Å². The third kappa shape index (κ3) is 0.189. The topological polar surface area (TPSA) is 0 Å². The molecule has 10 fully saturated rings. The van der Waals surface area contributed by atoms with E-state index >= 15 is 0 Å². The van der Waals surface area contributed by atoms with E-state index in [0.717, 1.165) is 4.05 Å². The molecule has 3 heteroatoms. The molecule has 2 aromatic carbocycles. The van der Waals surface area contributed by atoms with Crippen LogP contribution in [0.3, 0.4) is 0 Å². The van der Waals surface area contributed by atoms with E-state index in [-0.39, 0.29) is 20.3 Å². The van der Waals surface area contributed by atoms with Crippen molar-refractivity contribution in [3.8, 4) is 0 Å². The summed E-state index contributed by atoms with van der Waals surface area (Å²) in [6.45, 7) is -3.05. The van der Waals surface area contributed by atoms with Gasteiger partial charge in [0.2, 0.25) is 0 Å². The molecule has 4 unspecified atom stereocenters. The summed E-state index contributed by atoms with van der Waals surface area (Å²) >= 11 is 0. The average molecular weight is 407 g/mol. The summed E-state index contributed by atoms with van der Waals surface area (Å²) in [6, 6.07) is 23.7. The Hall–Kier alpha value is -0.321. The SMILES string of the molecule is Cl.c1ccc(P(c2ccccc2)[C]23[CH]4[CH]5[CH]6[CH]2[Fe]56432789[CH]3[CH]2[CH]7[CH]8[CH]39)cc1. The van der Waals surface area contributed by atoms with Crippen molar-refractivity contribution >= 4 is 30.9 Å². The molecule has 0 nitrogen and oxygen atoms in total. The second-order valence-corrected chi connectivity index (χ2v) is 39.0. The zero-order valence-corrected chi connectivity index (χ0v) is 16.5. The van der Waals surface area contributed by atoms with Crippen molar-refractivity contribution in [3.05, 3.63) is 60.7 Å². The van der Waals surface area contributed by atoms with Crippen LogP contribution in [0.25, 0.3) is 0 Å². The van der Waals surface area contributed by atoms with Crippen LogP contribution < -0.4 is 10.6 Å². The molecular formula is C22H20ClFeP. The van der Waals surface area contributed by atoms with Gasteiger partial charge in [-0.25, -0.2) is 0 Å². The summed E-state index contributed by atoms with van der Waals surface area (Å²) in [5.41, 5.74) is 0. The van der Waals surface area contributed by atoms with E-state index in [1.807, 2.05) is 0 Å². The van der Waals surface area contributed by atoms with E-state index in [1.165, 1.54) is 43.3 Å². The molecule has 0 aromatic heterocycles. The van der Waals surface area contributed by atoms with E-state index in [1.54, 1.807) is 10.6 Å². The molecule has 4 atom stereocenters. The number of benzene rings is 2. The Kier molecular flexibility index (Phi) is 0.600. The molecular weight excluding hydrogens is 387 g/mol. The summed E-state index contributed by atoms with van der Waals surface area (Å²) in [5, 5.41) is 3.48. The van der Waals surface area contributed by atoms with Crippen molar-refractivity contribution in [2.75, 3.05) is 0 Å². The molecule has 0 aliphatic carbocycles. The first-order valence-electron chi connectivity index (χ1n) is 9.75. The van der Waals surface area contributed by atoms with Gasteiger partial charge in [-0.3, -0.25) is 0 Å². The molecule has 25 heavy (non-hydrogen) atoms. The van der Waals surface area contributed by atoms with E-state index in [9.17, 15) is 0 Å². The Morgan fingerprint density at radius 2 is 1.00 bits per heavy atom. The number of rotatable bonds is 3. The monoisotopic (exact) mass is 406 g/mol. The summed E-state index contributed by atoms with van der Waals surface area (Å²) in [5.74, 6) is 0. The first-order valence-corrected chi connectivity index (χ1v) is 17.4. The van der Waals surface area contributed by atoms with Gasteiger partial charge >= 0.3 is 133 Å². The van der Waals surface area contributed by atoms with Gasteiger partial charge in [0.15, 0.2) is 0 Å². The van der Waals surface area contributed by atoms with Gasteiger partial charge in [0, 0.05) is 0 Å². The first kappa shape index (κ1) is 11.5. The molecule has 12 rings (SSSR count). The summed E-state index contributed by atoms with van der Waals surface area (Å²) in [6.07, 6.45) is 0. The molecule has 0 bridgehead atoms. The van der Waals surface area contributed by atoms with Crippen LogP contribution in [0.5, 0.6) is 0 Å². The van der Waals surface area contributed by atoms with Crippen LogP contribution in [0.2, 0.25) is 43.3 Å². The molecule has 2 aromatic rings. The fourth-order valence-corrected chi connectivity index (χ4v) is 107.